The lowest BCUT2D eigenvalue weighted by molar-refractivity contribution is -0.385. The maximum atomic E-state index is 10.9. The summed E-state index contributed by atoms with van der Waals surface area (Å²) >= 11 is 0. The van der Waals surface area contributed by atoms with Crippen LogP contribution in [0.3, 0.4) is 0 Å². The normalized spacial score (nSPS) is 10.7. The van der Waals surface area contributed by atoms with E-state index in [4.69, 9.17) is 4.42 Å². The van der Waals surface area contributed by atoms with E-state index in [2.05, 4.69) is 10.3 Å². The Labute approximate surface area is 117 Å². The van der Waals surface area contributed by atoms with Crippen LogP contribution in [0.5, 0.6) is 0 Å². The number of nitrogens with one attached hydrogen (secondary N) is 1. The van der Waals surface area contributed by atoms with Crippen LogP contribution in [0.4, 0.5) is 5.69 Å². The van der Waals surface area contributed by atoms with E-state index >= 15 is 0 Å². The topological polar surface area (TPSA) is 81.2 Å². The molecule has 0 fully saturated rings. The van der Waals surface area contributed by atoms with Crippen molar-refractivity contribution < 1.29 is 9.34 Å². The lowest BCUT2D eigenvalue weighted by atomic mass is 10.1. The Hall–Kier alpha value is -2.21. The second kappa shape index (κ2) is 6.29. The average molecular weight is 275 g/mol. The minimum Gasteiger partial charge on any atom is -0.444 e. The molecule has 0 aliphatic heterocycles. The third kappa shape index (κ3) is 3.42. The Balaban J connectivity index is 1.94. The number of hydrogen-bond donors (Lipinski definition) is 1. The van der Waals surface area contributed by atoms with Crippen molar-refractivity contribution in [3.63, 3.8) is 0 Å². The standard InChI is InChI=1S/C14H17N3O3/c1-3-12-8-16-14(20-12)9-15-7-11-5-4-10(2)13(6-11)17(18)19/h4-6,8,15H,3,7,9H2,1-2H3. The predicted octanol–water partition coefficient (Wildman–Crippen LogP) is 2.74. The molecule has 0 radical (unpaired) electrons. The van der Waals surface area contributed by atoms with Crippen LogP contribution >= 0.6 is 0 Å². The lowest BCUT2D eigenvalue weighted by Crippen LogP contribution is -2.13. The predicted molar refractivity (Wildman–Crippen MR) is 74.3 cm³/mol. The number of nitro groups is 1. The highest BCUT2D eigenvalue weighted by molar-refractivity contribution is 5.42. The van der Waals surface area contributed by atoms with Gasteiger partial charge in [-0.25, -0.2) is 4.98 Å². The molecular formula is C14H17N3O3. The van der Waals surface area contributed by atoms with Crippen LogP contribution < -0.4 is 5.32 Å². The highest BCUT2D eigenvalue weighted by atomic mass is 16.6. The summed E-state index contributed by atoms with van der Waals surface area (Å²) in [5.41, 5.74) is 1.68. The molecule has 0 saturated heterocycles. The van der Waals surface area contributed by atoms with Crippen molar-refractivity contribution in [3.05, 3.63) is 57.3 Å². The average Bonchev–Trinajstić information content (AvgIpc) is 2.88. The number of rotatable bonds is 6. The summed E-state index contributed by atoms with van der Waals surface area (Å²) in [7, 11) is 0. The summed E-state index contributed by atoms with van der Waals surface area (Å²) in [5.74, 6) is 1.48. The molecule has 6 heteroatoms. The Morgan fingerprint density at radius 3 is 2.85 bits per heavy atom. The number of benzene rings is 1. The minimum absolute atomic E-state index is 0.147. The van der Waals surface area contributed by atoms with Gasteiger partial charge in [-0.1, -0.05) is 19.1 Å². The van der Waals surface area contributed by atoms with Crippen LogP contribution in [0.2, 0.25) is 0 Å². The molecule has 0 atom stereocenters. The molecule has 6 nitrogen and oxygen atoms in total. The van der Waals surface area contributed by atoms with Crippen LogP contribution in [0.25, 0.3) is 0 Å². The van der Waals surface area contributed by atoms with Crippen molar-refractivity contribution in [1.29, 1.82) is 0 Å². The summed E-state index contributed by atoms with van der Waals surface area (Å²) in [4.78, 5) is 14.6. The van der Waals surface area contributed by atoms with Gasteiger partial charge in [-0.05, 0) is 12.5 Å². The van der Waals surface area contributed by atoms with E-state index in [1.54, 1.807) is 25.3 Å². The first kappa shape index (κ1) is 14.2. The van der Waals surface area contributed by atoms with Gasteiger partial charge in [-0.15, -0.1) is 0 Å². The maximum Gasteiger partial charge on any atom is 0.272 e. The number of nitro benzene ring substituents is 1. The first-order chi connectivity index (χ1) is 9.60. The van der Waals surface area contributed by atoms with E-state index in [9.17, 15) is 10.1 Å². The molecule has 0 unspecified atom stereocenters. The second-order valence-corrected chi connectivity index (χ2v) is 4.56. The van der Waals surface area contributed by atoms with Gasteiger partial charge in [0.2, 0.25) is 5.89 Å². The van der Waals surface area contributed by atoms with E-state index < -0.39 is 0 Å². The van der Waals surface area contributed by atoms with Gasteiger partial charge in [0.25, 0.3) is 5.69 Å². The zero-order chi connectivity index (χ0) is 14.5. The summed E-state index contributed by atoms with van der Waals surface area (Å²) < 4.78 is 5.47. The molecule has 0 aliphatic rings. The largest absolute Gasteiger partial charge is 0.444 e. The molecule has 0 spiro atoms. The molecule has 0 aliphatic carbocycles. The third-order valence-electron chi connectivity index (χ3n) is 3.03. The van der Waals surface area contributed by atoms with Gasteiger partial charge in [0.1, 0.15) is 5.76 Å². The first-order valence-corrected chi connectivity index (χ1v) is 6.48. The molecule has 1 N–H and O–H groups in total. The molecule has 1 heterocycles. The van der Waals surface area contributed by atoms with Crippen LogP contribution in [0.1, 0.15) is 29.7 Å². The lowest BCUT2D eigenvalue weighted by Gasteiger charge is -2.04. The Morgan fingerprint density at radius 2 is 2.20 bits per heavy atom. The molecule has 2 aromatic rings. The Bertz CT molecular complexity index is 607. The zero-order valence-electron chi connectivity index (χ0n) is 11.5. The van der Waals surface area contributed by atoms with Crippen LogP contribution in [-0.4, -0.2) is 9.91 Å². The monoisotopic (exact) mass is 275 g/mol. The first-order valence-electron chi connectivity index (χ1n) is 6.48. The van der Waals surface area contributed by atoms with Crippen molar-refractivity contribution in [2.45, 2.75) is 33.4 Å². The number of hydrogen-bond acceptors (Lipinski definition) is 5. The van der Waals surface area contributed by atoms with E-state index in [1.807, 2.05) is 13.0 Å². The number of oxazole rings is 1. The zero-order valence-corrected chi connectivity index (χ0v) is 11.5. The molecular weight excluding hydrogens is 258 g/mol. The van der Waals surface area contributed by atoms with Crippen molar-refractivity contribution in [3.8, 4) is 0 Å². The number of nitrogens with zero attached hydrogens (tertiary/aromatic N) is 2. The van der Waals surface area contributed by atoms with Crippen LogP contribution in [0, 0.1) is 17.0 Å². The smallest absolute Gasteiger partial charge is 0.272 e. The van der Waals surface area contributed by atoms with Gasteiger partial charge in [-0.3, -0.25) is 10.1 Å². The minimum atomic E-state index is -0.361. The quantitative estimate of drug-likeness (QED) is 0.647. The van der Waals surface area contributed by atoms with Crippen molar-refractivity contribution in [1.82, 2.24) is 10.3 Å². The molecule has 1 aromatic heterocycles. The molecule has 0 amide bonds. The summed E-state index contributed by atoms with van der Waals surface area (Å²) in [6, 6.07) is 5.23. The summed E-state index contributed by atoms with van der Waals surface area (Å²) in [6.45, 7) is 4.77. The number of aryl methyl sites for hydroxylation is 2. The Morgan fingerprint density at radius 1 is 1.40 bits per heavy atom. The molecule has 0 saturated carbocycles. The van der Waals surface area contributed by atoms with Gasteiger partial charge in [-0.2, -0.15) is 0 Å². The summed E-state index contributed by atoms with van der Waals surface area (Å²) in [6.07, 6.45) is 2.53. The number of aromatic nitrogens is 1. The SMILES string of the molecule is CCc1cnc(CNCc2ccc(C)c([N+](=O)[O-])c2)o1. The van der Waals surface area contributed by atoms with Crippen molar-refractivity contribution in [2.75, 3.05) is 0 Å². The molecule has 0 bridgehead atoms. The Kier molecular flexibility index (Phi) is 4.47. The van der Waals surface area contributed by atoms with E-state index in [0.29, 0.717) is 24.5 Å². The fourth-order valence-corrected chi connectivity index (χ4v) is 1.87. The third-order valence-corrected chi connectivity index (χ3v) is 3.03. The summed E-state index contributed by atoms with van der Waals surface area (Å²) in [5, 5.41) is 14.0. The van der Waals surface area contributed by atoms with Crippen molar-refractivity contribution >= 4 is 5.69 Å². The van der Waals surface area contributed by atoms with Gasteiger partial charge >= 0.3 is 0 Å². The molecule has 20 heavy (non-hydrogen) atoms. The van der Waals surface area contributed by atoms with Gasteiger partial charge < -0.3 is 9.73 Å². The highest BCUT2D eigenvalue weighted by Crippen LogP contribution is 2.19. The van der Waals surface area contributed by atoms with Gasteiger partial charge in [0, 0.05) is 24.6 Å². The van der Waals surface area contributed by atoms with E-state index in [0.717, 1.165) is 17.7 Å². The van der Waals surface area contributed by atoms with Gasteiger partial charge in [0.05, 0.1) is 17.7 Å². The molecule has 2 rings (SSSR count). The van der Waals surface area contributed by atoms with Crippen molar-refractivity contribution in [2.24, 2.45) is 0 Å². The van der Waals surface area contributed by atoms with Crippen LogP contribution in [-0.2, 0) is 19.5 Å². The fraction of sp³-hybridized carbons (Fsp3) is 0.357. The van der Waals surface area contributed by atoms with Crippen LogP contribution in [0.15, 0.2) is 28.8 Å². The maximum absolute atomic E-state index is 10.9. The van der Waals surface area contributed by atoms with Gasteiger partial charge in [0.15, 0.2) is 0 Å². The second-order valence-electron chi connectivity index (χ2n) is 4.56. The molecule has 106 valence electrons. The molecule has 1 aromatic carbocycles. The fourth-order valence-electron chi connectivity index (χ4n) is 1.87. The van der Waals surface area contributed by atoms with E-state index in [1.165, 1.54) is 0 Å². The highest BCUT2D eigenvalue weighted by Gasteiger charge is 2.10. The van der Waals surface area contributed by atoms with E-state index in [-0.39, 0.29) is 10.6 Å².